The van der Waals surface area contributed by atoms with Gasteiger partial charge in [-0.05, 0) is 29.5 Å². The maximum absolute atomic E-state index is 13.0. The van der Waals surface area contributed by atoms with E-state index in [2.05, 4.69) is 5.32 Å². The molecule has 0 bridgehead atoms. The normalized spacial score (nSPS) is 22.2. The van der Waals surface area contributed by atoms with E-state index < -0.39 is 4.33 Å². The zero-order valence-electron chi connectivity index (χ0n) is 11.7. The SMILES string of the molecule is CC(C)(C)C(NC(=O)C1CC1(Cl)Cl)c1ccc(F)cc1. The molecule has 0 spiro atoms. The molecule has 1 aliphatic carbocycles. The Morgan fingerprint density at radius 1 is 1.35 bits per heavy atom. The highest BCUT2D eigenvalue weighted by molar-refractivity contribution is 6.52. The lowest BCUT2D eigenvalue weighted by Crippen LogP contribution is -2.38. The van der Waals surface area contributed by atoms with Crippen LogP contribution in [0.1, 0.15) is 38.8 Å². The minimum atomic E-state index is -0.935. The molecule has 0 saturated heterocycles. The van der Waals surface area contributed by atoms with Crippen LogP contribution >= 0.6 is 23.2 Å². The molecule has 1 N–H and O–H groups in total. The van der Waals surface area contributed by atoms with E-state index >= 15 is 0 Å². The monoisotopic (exact) mass is 317 g/mol. The summed E-state index contributed by atoms with van der Waals surface area (Å²) in [6, 6.07) is 5.94. The molecular weight excluding hydrogens is 300 g/mol. The van der Waals surface area contributed by atoms with Crippen LogP contribution < -0.4 is 5.32 Å². The minimum absolute atomic E-state index is 0.153. The van der Waals surface area contributed by atoms with Gasteiger partial charge in [-0.3, -0.25) is 4.79 Å². The summed E-state index contributed by atoms with van der Waals surface area (Å²) in [6.07, 6.45) is 0.474. The summed E-state index contributed by atoms with van der Waals surface area (Å²) in [6.45, 7) is 6.05. The number of rotatable bonds is 3. The maximum Gasteiger partial charge on any atom is 0.226 e. The quantitative estimate of drug-likeness (QED) is 0.831. The fourth-order valence-corrected chi connectivity index (χ4v) is 2.70. The number of benzene rings is 1. The largest absolute Gasteiger partial charge is 0.348 e. The van der Waals surface area contributed by atoms with Crippen molar-refractivity contribution in [2.45, 2.75) is 37.6 Å². The molecule has 1 aromatic carbocycles. The van der Waals surface area contributed by atoms with Crippen molar-refractivity contribution >= 4 is 29.1 Å². The number of carbonyl (C=O) groups excluding carboxylic acids is 1. The van der Waals surface area contributed by atoms with Gasteiger partial charge in [0, 0.05) is 0 Å². The van der Waals surface area contributed by atoms with Gasteiger partial charge in [0.2, 0.25) is 5.91 Å². The van der Waals surface area contributed by atoms with E-state index in [0.717, 1.165) is 5.56 Å². The van der Waals surface area contributed by atoms with Crippen molar-refractivity contribution in [2.75, 3.05) is 0 Å². The van der Waals surface area contributed by atoms with Crippen LogP contribution in [0, 0.1) is 17.2 Å². The fourth-order valence-electron chi connectivity index (χ4n) is 2.20. The van der Waals surface area contributed by atoms with Crippen molar-refractivity contribution in [1.29, 1.82) is 0 Å². The average molecular weight is 318 g/mol. The molecule has 1 amide bonds. The topological polar surface area (TPSA) is 29.1 Å². The highest BCUT2D eigenvalue weighted by Gasteiger charge is 2.56. The van der Waals surface area contributed by atoms with Crippen LogP contribution in [-0.2, 0) is 4.79 Å². The summed E-state index contributed by atoms with van der Waals surface area (Å²) in [5.74, 6) is -0.814. The summed E-state index contributed by atoms with van der Waals surface area (Å²) in [4.78, 5) is 12.2. The Kier molecular flexibility index (Phi) is 4.05. The predicted octanol–water partition coefficient (Wildman–Crippen LogP) is 4.22. The molecule has 1 fully saturated rings. The Hall–Kier alpha value is -0.800. The molecule has 0 heterocycles. The van der Waals surface area contributed by atoms with Gasteiger partial charge in [-0.15, -0.1) is 23.2 Å². The summed E-state index contributed by atoms with van der Waals surface area (Å²) >= 11 is 11.8. The third kappa shape index (κ3) is 3.44. The molecule has 2 unspecified atom stereocenters. The van der Waals surface area contributed by atoms with Crippen LogP contribution in [0.25, 0.3) is 0 Å². The molecule has 2 rings (SSSR count). The summed E-state index contributed by atoms with van der Waals surface area (Å²) in [7, 11) is 0. The number of halogens is 3. The zero-order chi connectivity index (χ0) is 15.1. The van der Waals surface area contributed by atoms with E-state index in [9.17, 15) is 9.18 Å². The lowest BCUT2D eigenvalue weighted by molar-refractivity contribution is -0.123. The van der Waals surface area contributed by atoms with Gasteiger partial charge >= 0.3 is 0 Å². The minimum Gasteiger partial charge on any atom is -0.348 e. The van der Waals surface area contributed by atoms with Crippen LogP contribution in [0.3, 0.4) is 0 Å². The first-order valence-electron chi connectivity index (χ1n) is 6.55. The van der Waals surface area contributed by atoms with Crippen LogP contribution in [-0.4, -0.2) is 10.2 Å². The van der Waals surface area contributed by atoms with Gasteiger partial charge in [0.1, 0.15) is 10.2 Å². The summed E-state index contributed by atoms with van der Waals surface area (Å²) in [5, 5.41) is 2.98. The van der Waals surface area contributed by atoms with E-state index in [1.807, 2.05) is 20.8 Å². The smallest absolute Gasteiger partial charge is 0.226 e. The molecule has 20 heavy (non-hydrogen) atoms. The standard InChI is InChI=1S/C15H18Cl2FNO/c1-14(2,3)12(9-4-6-10(18)7-5-9)19-13(20)11-8-15(11,16)17/h4-7,11-12H,8H2,1-3H3,(H,19,20). The lowest BCUT2D eigenvalue weighted by atomic mass is 9.82. The van der Waals surface area contributed by atoms with Crippen molar-refractivity contribution in [2.24, 2.45) is 11.3 Å². The third-order valence-corrected chi connectivity index (χ3v) is 4.33. The van der Waals surface area contributed by atoms with Gasteiger partial charge in [0.05, 0.1) is 12.0 Å². The first-order chi connectivity index (χ1) is 9.11. The number of amides is 1. The van der Waals surface area contributed by atoms with E-state index in [1.54, 1.807) is 12.1 Å². The third-order valence-electron chi connectivity index (χ3n) is 3.50. The van der Waals surface area contributed by atoms with E-state index in [-0.39, 0.29) is 29.1 Å². The fraction of sp³-hybridized carbons (Fsp3) is 0.533. The zero-order valence-corrected chi connectivity index (χ0v) is 13.2. The first kappa shape index (κ1) is 15.6. The number of hydrogen-bond donors (Lipinski definition) is 1. The Balaban J connectivity index is 2.17. The molecule has 2 nitrogen and oxygen atoms in total. The molecule has 1 saturated carbocycles. The first-order valence-corrected chi connectivity index (χ1v) is 7.30. The van der Waals surface area contributed by atoms with Gasteiger partial charge in [-0.25, -0.2) is 4.39 Å². The Labute approximate surface area is 128 Å². The van der Waals surface area contributed by atoms with E-state index in [4.69, 9.17) is 23.2 Å². The molecule has 1 aliphatic rings. The second-order valence-corrected chi connectivity index (χ2v) is 7.92. The van der Waals surface area contributed by atoms with Crippen LogP contribution in [0.15, 0.2) is 24.3 Å². The molecule has 5 heteroatoms. The number of nitrogens with one attached hydrogen (secondary N) is 1. The van der Waals surface area contributed by atoms with Crippen molar-refractivity contribution in [3.05, 3.63) is 35.6 Å². The average Bonchev–Trinajstić information content (AvgIpc) is 2.95. The molecule has 1 aromatic rings. The van der Waals surface area contributed by atoms with E-state index in [0.29, 0.717) is 6.42 Å². The number of hydrogen-bond acceptors (Lipinski definition) is 1. The van der Waals surface area contributed by atoms with Gasteiger partial charge in [-0.2, -0.15) is 0 Å². The van der Waals surface area contributed by atoms with Crippen LogP contribution in [0.4, 0.5) is 4.39 Å². The van der Waals surface area contributed by atoms with Crippen molar-refractivity contribution < 1.29 is 9.18 Å². The lowest BCUT2D eigenvalue weighted by Gasteiger charge is -2.32. The van der Waals surface area contributed by atoms with Crippen LogP contribution in [0.2, 0.25) is 0 Å². The highest BCUT2D eigenvalue weighted by atomic mass is 35.5. The molecular formula is C15H18Cl2FNO. The molecule has 0 radical (unpaired) electrons. The van der Waals surface area contributed by atoms with Gasteiger partial charge < -0.3 is 5.32 Å². The van der Waals surface area contributed by atoms with Crippen molar-refractivity contribution in [1.82, 2.24) is 5.32 Å². The van der Waals surface area contributed by atoms with E-state index in [1.165, 1.54) is 12.1 Å². The second-order valence-electron chi connectivity index (χ2n) is 6.38. The Morgan fingerprint density at radius 3 is 2.25 bits per heavy atom. The number of carbonyl (C=O) groups is 1. The molecule has 2 atom stereocenters. The van der Waals surface area contributed by atoms with Crippen LogP contribution in [0.5, 0.6) is 0 Å². The summed E-state index contributed by atoms with van der Waals surface area (Å²) < 4.78 is 12.1. The second kappa shape index (κ2) is 5.19. The Bertz CT molecular complexity index is 508. The molecule has 0 aliphatic heterocycles. The predicted molar refractivity (Wildman–Crippen MR) is 79.3 cm³/mol. The summed E-state index contributed by atoms with van der Waals surface area (Å²) in [5.41, 5.74) is 0.659. The molecule has 110 valence electrons. The Morgan fingerprint density at radius 2 is 1.85 bits per heavy atom. The van der Waals surface area contributed by atoms with Crippen molar-refractivity contribution in [3.63, 3.8) is 0 Å². The van der Waals surface area contributed by atoms with Gasteiger partial charge in [-0.1, -0.05) is 32.9 Å². The number of alkyl halides is 2. The molecule has 0 aromatic heterocycles. The maximum atomic E-state index is 13.0. The highest BCUT2D eigenvalue weighted by Crippen LogP contribution is 2.53. The van der Waals surface area contributed by atoms with Crippen molar-refractivity contribution in [3.8, 4) is 0 Å². The van der Waals surface area contributed by atoms with Gasteiger partial charge in [0.15, 0.2) is 0 Å². The van der Waals surface area contributed by atoms with Gasteiger partial charge in [0.25, 0.3) is 0 Å².